The van der Waals surface area contributed by atoms with E-state index in [0.717, 1.165) is 5.69 Å². The van der Waals surface area contributed by atoms with Gasteiger partial charge in [0, 0.05) is 30.7 Å². The zero-order chi connectivity index (χ0) is 11.5. The fourth-order valence-electron chi connectivity index (χ4n) is 2.34. The van der Waals surface area contributed by atoms with E-state index in [-0.39, 0.29) is 0 Å². The number of nitrogens with zero attached hydrogens (tertiary/aromatic N) is 3. The molecule has 3 nitrogen and oxygen atoms in total. The highest BCUT2D eigenvalue weighted by Crippen LogP contribution is 2.21. The number of anilines is 1. The summed E-state index contributed by atoms with van der Waals surface area (Å²) in [4.78, 5) is 9.05. The molecule has 0 saturated carbocycles. The summed E-state index contributed by atoms with van der Waals surface area (Å²) >= 11 is 0. The van der Waals surface area contributed by atoms with E-state index in [4.69, 9.17) is 0 Å². The van der Waals surface area contributed by atoms with E-state index in [1.54, 1.807) is 0 Å². The first-order valence-electron chi connectivity index (χ1n) is 6.01. The van der Waals surface area contributed by atoms with E-state index in [2.05, 4.69) is 41.0 Å². The Kier molecular flexibility index (Phi) is 3.44. The predicted molar refractivity (Wildman–Crippen MR) is 67.9 cm³/mol. The molecule has 0 unspecified atom stereocenters. The summed E-state index contributed by atoms with van der Waals surface area (Å²) in [6.07, 6.45) is 4.42. The van der Waals surface area contributed by atoms with Gasteiger partial charge in [0.05, 0.1) is 0 Å². The Balaban J connectivity index is 2.04. The highest BCUT2D eigenvalue weighted by molar-refractivity contribution is 5.46. The first-order chi connectivity index (χ1) is 7.66. The quantitative estimate of drug-likeness (QED) is 0.757. The van der Waals surface area contributed by atoms with Crippen LogP contribution in [0.25, 0.3) is 0 Å². The van der Waals surface area contributed by atoms with Crippen LogP contribution in [0.1, 0.15) is 18.5 Å². The number of hydrogen-bond donors (Lipinski definition) is 0. The van der Waals surface area contributed by atoms with Crippen molar-refractivity contribution < 1.29 is 0 Å². The lowest BCUT2D eigenvalue weighted by molar-refractivity contribution is 0.253. The molecule has 1 saturated heterocycles. The van der Waals surface area contributed by atoms with Crippen molar-refractivity contribution in [2.24, 2.45) is 0 Å². The smallest absolute Gasteiger partial charge is 0.0399 e. The molecule has 0 N–H and O–H groups in total. The van der Waals surface area contributed by atoms with Crippen molar-refractivity contribution in [3.63, 3.8) is 0 Å². The van der Waals surface area contributed by atoms with Crippen LogP contribution >= 0.6 is 0 Å². The van der Waals surface area contributed by atoms with Gasteiger partial charge in [0.25, 0.3) is 0 Å². The maximum Gasteiger partial charge on any atom is 0.0399 e. The molecule has 0 bridgehead atoms. The van der Waals surface area contributed by atoms with Gasteiger partial charge in [0.15, 0.2) is 0 Å². The first kappa shape index (κ1) is 11.4. The number of aryl methyl sites for hydroxylation is 1. The Morgan fingerprint density at radius 2 is 2.06 bits per heavy atom. The molecule has 0 aromatic carbocycles. The second kappa shape index (κ2) is 4.83. The largest absolute Gasteiger partial charge is 0.371 e. The molecular formula is C13H21N3. The van der Waals surface area contributed by atoms with E-state index in [1.165, 1.54) is 31.6 Å². The van der Waals surface area contributed by atoms with Gasteiger partial charge in [-0.2, -0.15) is 0 Å². The molecule has 0 radical (unpaired) electrons. The van der Waals surface area contributed by atoms with Crippen molar-refractivity contribution in [2.45, 2.75) is 25.8 Å². The second-order valence-corrected chi connectivity index (χ2v) is 4.80. The molecule has 16 heavy (non-hydrogen) atoms. The van der Waals surface area contributed by atoms with Crippen molar-refractivity contribution >= 4 is 5.69 Å². The minimum Gasteiger partial charge on any atom is -0.371 e. The number of pyridine rings is 1. The molecule has 88 valence electrons. The monoisotopic (exact) mass is 219 g/mol. The van der Waals surface area contributed by atoms with Gasteiger partial charge >= 0.3 is 0 Å². The van der Waals surface area contributed by atoms with Crippen LogP contribution in [0.5, 0.6) is 0 Å². The number of rotatable bonds is 2. The molecule has 3 heteroatoms. The Hall–Kier alpha value is -1.09. The zero-order valence-electron chi connectivity index (χ0n) is 10.5. The predicted octanol–water partition coefficient (Wildman–Crippen LogP) is 1.92. The lowest BCUT2D eigenvalue weighted by Gasteiger charge is -2.36. The summed E-state index contributed by atoms with van der Waals surface area (Å²) in [5.41, 5.74) is 2.39. The summed E-state index contributed by atoms with van der Waals surface area (Å²) in [7, 11) is 4.40. The van der Waals surface area contributed by atoms with E-state index in [0.29, 0.717) is 6.04 Å². The summed E-state index contributed by atoms with van der Waals surface area (Å²) in [6.45, 7) is 4.46. The van der Waals surface area contributed by atoms with Crippen molar-refractivity contribution in [1.82, 2.24) is 9.88 Å². The summed E-state index contributed by atoms with van der Waals surface area (Å²) in [6, 6.07) is 4.95. The van der Waals surface area contributed by atoms with Crippen LogP contribution in [0.3, 0.4) is 0 Å². The third-order valence-corrected chi connectivity index (χ3v) is 3.52. The number of hydrogen-bond acceptors (Lipinski definition) is 3. The van der Waals surface area contributed by atoms with Crippen LogP contribution in [-0.2, 0) is 0 Å². The molecule has 2 rings (SSSR count). The Bertz CT molecular complexity index is 343. The van der Waals surface area contributed by atoms with Crippen LogP contribution in [0.2, 0.25) is 0 Å². The molecule has 1 aliphatic rings. The minimum absolute atomic E-state index is 0.679. The average Bonchev–Trinajstić information content (AvgIpc) is 2.29. The average molecular weight is 219 g/mol. The molecule has 1 aromatic rings. The Morgan fingerprint density at radius 3 is 2.69 bits per heavy atom. The number of likely N-dealkylation sites (tertiary alicyclic amines) is 1. The highest BCUT2D eigenvalue weighted by atomic mass is 15.2. The summed E-state index contributed by atoms with van der Waals surface area (Å²) < 4.78 is 0. The maximum atomic E-state index is 4.24. The first-order valence-corrected chi connectivity index (χ1v) is 6.01. The lowest BCUT2D eigenvalue weighted by atomic mass is 10.0. The number of aromatic nitrogens is 1. The fourth-order valence-corrected chi connectivity index (χ4v) is 2.34. The fraction of sp³-hybridized carbons (Fsp3) is 0.615. The van der Waals surface area contributed by atoms with Gasteiger partial charge in [-0.15, -0.1) is 0 Å². The van der Waals surface area contributed by atoms with Crippen LogP contribution in [0, 0.1) is 6.92 Å². The lowest BCUT2D eigenvalue weighted by Crippen LogP contribution is -2.42. The van der Waals surface area contributed by atoms with E-state index in [9.17, 15) is 0 Å². The molecule has 0 atom stereocenters. The summed E-state index contributed by atoms with van der Waals surface area (Å²) in [5, 5.41) is 0. The molecule has 0 aliphatic carbocycles. The topological polar surface area (TPSA) is 19.4 Å². The maximum absolute atomic E-state index is 4.24. The second-order valence-electron chi connectivity index (χ2n) is 4.80. The molecule has 0 amide bonds. The van der Waals surface area contributed by atoms with Crippen molar-refractivity contribution in [2.75, 3.05) is 32.1 Å². The molecular weight excluding hydrogens is 198 g/mol. The van der Waals surface area contributed by atoms with E-state index < -0.39 is 0 Å². The molecule has 1 aliphatic heterocycles. The standard InChI is InChI=1S/C13H21N3/c1-11-10-13(4-7-14-11)16(3)12-5-8-15(2)9-6-12/h4,7,10,12H,5-6,8-9H2,1-3H3. The van der Waals surface area contributed by atoms with Gasteiger partial charge in [-0.05, 0) is 52.0 Å². The zero-order valence-corrected chi connectivity index (χ0v) is 10.5. The third kappa shape index (κ3) is 2.53. The van der Waals surface area contributed by atoms with Gasteiger partial charge < -0.3 is 9.80 Å². The van der Waals surface area contributed by atoms with Gasteiger partial charge in [-0.25, -0.2) is 0 Å². The van der Waals surface area contributed by atoms with Crippen molar-refractivity contribution in [3.8, 4) is 0 Å². The number of piperidine rings is 1. The van der Waals surface area contributed by atoms with Crippen LogP contribution in [0.4, 0.5) is 5.69 Å². The molecule has 1 aromatic heterocycles. The Morgan fingerprint density at radius 1 is 1.38 bits per heavy atom. The SMILES string of the molecule is Cc1cc(N(C)C2CCN(C)CC2)ccn1. The van der Waals surface area contributed by atoms with Crippen molar-refractivity contribution in [1.29, 1.82) is 0 Å². The van der Waals surface area contributed by atoms with Gasteiger partial charge in [0.1, 0.15) is 0 Å². The Labute approximate surface area is 98.1 Å². The highest BCUT2D eigenvalue weighted by Gasteiger charge is 2.20. The normalized spacial score (nSPS) is 18.7. The van der Waals surface area contributed by atoms with Gasteiger partial charge in [0.2, 0.25) is 0 Å². The van der Waals surface area contributed by atoms with Crippen LogP contribution in [-0.4, -0.2) is 43.1 Å². The van der Waals surface area contributed by atoms with Gasteiger partial charge in [-0.3, -0.25) is 4.98 Å². The van der Waals surface area contributed by atoms with E-state index >= 15 is 0 Å². The van der Waals surface area contributed by atoms with E-state index in [1.807, 2.05) is 13.1 Å². The third-order valence-electron chi connectivity index (χ3n) is 3.52. The van der Waals surface area contributed by atoms with Crippen LogP contribution < -0.4 is 4.90 Å². The van der Waals surface area contributed by atoms with Crippen molar-refractivity contribution in [3.05, 3.63) is 24.0 Å². The summed E-state index contributed by atoms with van der Waals surface area (Å²) in [5.74, 6) is 0. The molecule has 2 heterocycles. The van der Waals surface area contributed by atoms with Gasteiger partial charge in [-0.1, -0.05) is 0 Å². The minimum atomic E-state index is 0.679. The molecule has 1 fully saturated rings. The van der Waals surface area contributed by atoms with Crippen LogP contribution in [0.15, 0.2) is 18.3 Å². The molecule has 0 spiro atoms.